The van der Waals surface area contributed by atoms with E-state index in [4.69, 9.17) is 4.74 Å². The quantitative estimate of drug-likeness (QED) is 0.198. The van der Waals surface area contributed by atoms with Gasteiger partial charge in [-0.3, -0.25) is 19.5 Å². The van der Waals surface area contributed by atoms with Crippen molar-refractivity contribution in [3.05, 3.63) is 99.9 Å². The van der Waals surface area contributed by atoms with E-state index in [1.165, 1.54) is 17.8 Å². The van der Waals surface area contributed by atoms with E-state index in [1.807, 2.05) is 66.1 Å². The standard InChI is InChI=1S/C25H23N5O4S/c1-17-9-6-7-14-21(17)34-15-22-27-28-25(29(22)19-11-4-3-5-12-19)35-16-23(31)26-24-18(2)10-8-13-20(24)30(32)33/h3-14H,15-16H2,1-2H3,(H,26,31). The zero-order valence-corrected chi connectivity index (χ0v) is 20.0. The predicted molar refractivity (Wildman–Crippen MR) is 134 cm³/mol. The van der Waals surface area contributed by atoms with E-state index in [0.717, 1.165) is 17.0 Å². The molecule has 0 aliphatic heterocycles. The Morgan fingerprint density at radius 3 is 2.46 bits per heavy atom. The van der Waals surface area contributed by atoms with Crippen LogP contribution in [0.3, 0.4) is 0 Å². The minimum absolute atomic E-state index is 0.00486. The lowest BCUT2D eigenvalue weighted by Crippen LogP contribution is -2.16. The number of nitrogens with zero attached hydrogens (tertiary/aromatic N) is 4. The molecule has 1 heterocycles. The maximum Gasteiger partial charge on any atom is 0.293 e. The number of aryl methyl sites for hydroxylation is 2. The topological polar surface area (TPSA) is 112 Å². The molecule has 0 spiro atoms. The first-order valence-corrected chi connectivity index (χ1v) is 11.8. The van der Waals surface area contributed by atoms with Crippen LogP contribution in [0.4, 0.5) is 11.4 Å². The molecule has 1 amide bonds. The number of benzene rings is 3. The molecule has 0 atom stereocenters. The number of aromatic nitrogens is 3. The Labute approximate surface area is 206 Å². The van der Waals surface area contributed by atoms with Gasteiger partial charge in [0.15, 0.2) is 11.0 Å². The number of hydrogen-bond donors (Lipinski definition) is 1. The number of nitrogens with one attached hydrogen (secondary N) is 1. The fourth-order valence-electron chi connectivity index (χ4n) is 3.46. The first-order chi connectivity index (χ1) is 16.9. The fourth-order valence-corrected chi connectivity index (χ4v) is 4.23. The smallest absolute Gasteiger partial charge is 0.293 e. The Morgan fingerprint density at radius 2 is 1.71 bits per heavy atom. The van der Waals surface area contributed by atoms with Crippen molar-refractivity contribution in [1.82, 2.24) is 14.8 Å². The third-order valence-corrected chi connectivity index (χ3v) is 6.14. The Hall–Kier alpha value is -4.18. The number of thioether (sulfide) groups is 1. The number of nitro benzene ring substituents is 1. The van der Waals surface area contributed by atoms with Crippen molar-refractivity contribution < 1.29 is 14.5 Å². The van der Waals surface area contributed by atoms with Crippen LogP contribution in [0.25, 0.3) is 5.69 Å². The summed E-state index contributed by atoms with van der Waals surface area (Å²) in [6, 6.07) is 21.9. The van der Waals surface area contributed by atoms with Crippen LogP contribution >= 0.6 is 11.8 Å². The number of carbonyl (C=O) groups is 1. The van der Waals surface area contributed by atoms with Gasteiger partial charge in [-0.05, 0) is 43.2 Å². The summed E-state index contributed by atoms with van der Waals surface area (Å²) in [4.78, 5) is 23.5. The van der Waals surface area contributed by atoms with E-state index in [2.05, 4.69) is 15.5 Å². The molecular formula is C25H23N5O4S. The number of carbonyl (C=O) groups excluding carboxylic acids is 1. The van der Waals surface area contributed by atoms with Crippen molar-refractivity contribution in [3.63, 3.8) is 0 Å². The molecule has 3 aromatic carbocycles. The third kappa shape index (κ3) is 5.67. The molecule has 9 nitrogen and oxygen atoms in total. The average molecular weight is 490 g/mol. The van der Waals surface area contributed by atoms with Gasteiger partial charge in [0.1, 0.15) is 18.0 Å². The summed E-state index contributed by atoms with van der Waals surface area (Å²) in [6.07, 6.45) is 0. The van der Waals surface area contributed by atoms with Crippen molar-refractivity contribution >= 4 is 29.0 Å². The first-order valence-electron chi connectivity index (χ1n) is 10.8. The second-order valence-corrected chi connectivity index (χ2v) is 8.63. The average Bonchev–Trinajstić information content (AvgIpc) is 3.26. The molecule has 10 heteroatoms. The summed E-state index contributed by atoms with van der Waals surface area (Å²) in [7, 11) is 0. The highest BCUT2D eigenvalue weighted by Gasteiger charge is 2.20. The molecule has 35 heavy (non-hydrogen) atoms. The second kappa shape index (κ2) is 10.8. The third-order valence-electron chi connectivity index (χ3n) is 5.21. The van der Waals surface area contributed by atoms with Crippen LogP contribution in [-0.2, 0) is 11.4 Å². The highest BCUT2D eigenvalue weighted by Crippen LogP contribution is 2.29. The van der Waals surface area contributed by atoms with Crippen LogP contribution in [-0.4, -0.2) is 31.3 Å². The Bertz CT molecular complexity index is 1360. The lowest BCUT2D eigenvalue weighted by Gasteiger charge is -2.12. The monoisotopic (exact) mass is 489 g/mol. The van der Waals surface area contributed by atoms with Gasteiger partial charge in [0, 0.05) is 11.8 Å². The molecule has 0 bridgehead atoms. The first kappa shape index (κ1) is 24.0. The van der Waals surface area contributed by atoms with E-state index < -0.39 is 4.92 Å². The molecule has 4 aromatic rings. The van der Waals surface area contributed by atoms with Gasteiger partial charge in [0.2, 0.25) is 5.91 Å². The highest BCUT2D eigenvalue weighted by atomic mass is 32.2. The highest BCUT2D eigenvalue weighted by molar-refractivity contribution is 7.99. The van der Waals surface area contributed by atoms with Gasteiger partial charge < -0.3 is 10.1 Å². The van der Waals surface area contributed by atoms with Crippen molar-refractivity contribution in [3.8, 4) is 11.4 Å². The molecule has 178 valence electrons. The largest absolute Gasteiger partial charge is 0.485 e. The Kier molecular flexibility index (Phi) is 7.41. The second-order valence-electron chi connectivity index (χ2n) is 7.69. The van der Waals surface area contributed by atoms with E-state index in [9.17, 15) is 14.9 Å². The molecule has 1 N–H and O–H groups in total. The van der Waals surface area contributed by atoms with Crippen molar-refractivity contribution in [2.45, 2.75) is 25.6 Å². The summed E-state index contributed by atoms with van der Waals surface area (Å²) >= 11 is 1.19. The van der Waals surface area contributed by atoms with Gasteiger partial charge in [0.05, 0.1) is 10.7 Å². The SMILES string of the molecule is Cc1ccccc1OCc1nnc(SCC(=O)Nc2c(C)cccc2[N+](=O)[O-])n1-c1ccccc1. The van der Waals surface area contributed by atoms with Crippen LogP contribution in [0.5, 0.6) is 5.75 Å². The van der Waals surface area contributed by atoms with Gasteiger partial charge in [-0.2, -0.15) is 0 Å². The molecule has 0 saturated heterocycles. The lowest BCUT2D eigenvalue weighted by molar-refractivity contribution is -0.384. The summed E-state index contributed by atoms with van der Waals surface area (Å²) in [5.74, 6) is 0.947. The van der Waals surface area contributed by atoms with E-state index in [0.29, 0.717) is 16.5 Å². The number of rotatable bonds is 9. The number of ether oxygens (including phenoxy) is 1. The number of amides is 1. The van der Waals surface area contributed by atoms with Crippen LogP contribution in [0.1, 0.15) is 17.0 Å². The minimum atomic E-state index is -0.511. The molecule has 0 aliphatic carbocycles. The van der Waals surface area contributed by atoms with Gasteiger partial charge >= 0.3 is 0 Å². The number of para-hydroxylation sites is 3. The van der Waals surface area contributed by atoms with E-state index in [-0.39, 0.29) is 29.6 Å². The van der Waals surface area contributed by atoms with Gasteiger partial charge in [-0.25, -0.2) is 0 Å². The zero-order chi connectivity index (χ0) is 24.8. The molecule has 4 rings (SSSR count). The summed E-state index contributed by atoms with van der Waals surface area (Å²) in [5.41, 5.74) is 2.50. The van der Waals surface area contributed by atoms with Crippen LogP contribution in [0.2, 0.25) is 0 Å². The Morgan fingerprint density at radius 1 is 1.00 bits per heavy atom. The predicted octanol–water partition coefficient (Wildman–Crippen LogP) is 5.10. The maximum absolute atomic E-state index is 12.7. The van der Waals surface area contributed by atoms with Gasteiger partial charge in [-0.1, -0.05) is 60.3 Å². The Balaban J connectivity index is 1.52. The number of anilines is 1. The minimum Gasteiger partial charge on any atom is -0.485 e. The van der Waals surface area contributed by atoms with Gasteiger partial charge in [-0.15, -0.1) is 10.2 Å². The summed E-state index contributed by atoms with van der Waals surface area (Å²) < 4.78 is 7.82. The van der Waals surface area contributed by atoms with Gasteiger partial charge in [0.25, 0.3) is 5.69 Å². The maximum atomic E-state index is 12.7. The van der Waals surface area contributed by atoms with Crippen LogP contribution < -0.4 is 10.1 Å². The lowest BCUT2D eigenvalue weighted by atomic mass is 10.1. The molecule has 1 aromatic heterocycles. The normalized spacial score (nSPS) is 10.7. The summed E-state index contributed by atoms with van der Waals surface area (Å²) in [6.45, 7) is 3.87. The fraction of sp³-hybridized carbons (Fsp3) is 0.160. The molecule has 0 unspecified atom stereocenters. The van der Waals surface area contributed by atoms with Crippen molar-refractivity contribution in [2.24, 2.45) is 0 Å². The number of hydrogen-bond acceptors (Lipinski definition) is 7. The molecular weight excluding hydrogens is 466 g/mol. The van der Waals surface area contributed by atoms with Crippen molar-refractivity contribution in [2.75, 3.05) is 11.1 Å². The van der Waals surface area contributed by atoms with Crippen LogP contribution in [0.15, 0.2) is 78.0 Å². The molecule has 0 saturated carbocycles. The van der Waals surface area contributed by atoms with E-state index >= 15 is 0 Å². The van der Waals surface area contributed by atoms with Crippen molar-refractivity contribution in [1.29, 1.82) is 0 Å². The number of nitro groups is 1. The molecule has 0 fully saturated rings. The molecule has 0 radical (unpaired) electrons. The zero-order valence-electron chi connectivity index (χ0n) is 19.2. The van der Waals surface area contributed by atoms with Crippen LogP contribution in [0, 0.1) is 24.0 Å². The van der Waals surface area contributed by atoms with E-state index in [1.54, 1.807) is 19.1 Å². The summed E-state index contributed by atoms with van der Waals surface area (Å²) in [5, 5.41) is 23.1. The molecule has 0 aliphatic rings.